The van der Waals surface area contributed by atoms with Gasteiger partial charge in [0.2, 0.25) is 0 Å². The molecule has 28 heavy (non-hydrogen) atoms. The Balaban J connectivity index is 1.47. The monoisotopic (exact) mass is 416 g/mol. The van der Waals surface area contributed by atoms with Crippen LogP contribution in [0.3, 0.4) is 0 Å². The molecule has 146 valence electrons. The van der Waals surface area contributed by atoms with Crippen molar-refractivity contribution in [3.8, 4) is 0 Å². The van der Waals surface area contributed by atoms with Crippen LogP contribution in [0, 0.1) is 6.92 Å². The molecule has 2 aliphatic heterocycles. The minimum absolute atomic E-state index is 0.163. The maximum Gasteiger partial charge on any atom is 0.332 e. The smallest absolute Gasteiger partial charge is 0.296 e. The van der Waals surface area contributed by atoms with Crippen LogP contribution >= 0.6 is 22.7 Å². The first-order valence-electron chi connectivity index (χ1n) is 9.28. The van der Waals surface area contributed by atoms with Crippen LogP contribution in [-0.2, 0) is 25.0 Å². The summed E-state index contributed by atoms with van der Waals surface area (Å²) in [6.07, 6.45) is 3.62. The summed E-state index contributed by atoms with van der Waals surface area (Å²) in [6.45, 7) is 5.34. The van der Waals surface area contributed by atoms with Gasteiger partial charge in [0.25, 0.3) is 0 Å². The van der Waals surface area contributed by atoms with Crippen molar-refractivity contribution >= 4 is 22.7 Å². The number of aromatic nitrogens is 5. The Morgan fingerprint density at radius 2 is 2.00 bits per heavy atom. The highest BCUT2D eigenvalue weighted by molar-refractivity contribution is 7.09. The molecule has 1 atom stereocenters. The van der Waals surface area contributed by atoms with Gasteiger partial charge in [-0.15, -0.1) is 22.7 Å². The Morgan fingerprint density at radius 3 is 2.75 bits per heavy atom. The number of rotatable bonds is 4. The van der Waals surface area contributed by atoms with Crippen LogP contribution in [0.4, 0.5) is 0 Å². The average molecular weight is 417 g/mol. The van der Waals surface area contributed by atoms with E-state index in [9.17, 15) is 9.59 Å². The van der Waals surface area contributed by atoms with E-state index in [0.29, 0.717) is 6.54 Å². The van der Waals surface area contributed by atoms with E-state index in [1.807, 2.05) is 23.9 Å². The van der Waals surface area contributed by atoms with Crippen molar-refractivity contribution in [1.29, 1.82) is 0 Å². The number of likely N-dealkylation sites (tertiary alicyclic amines) is 1. The maximum absolute atomic E-state index is 12.7. The first-order valence-corrected chi connectivity index (χ1v) is 11.0. The molecule has 10 heteroatoms. The summed E-state index contributed by atoms with van der Waals surface area (Å²) in [4.78, 5) is 36.4. The van der Waals surface area contributed by atoms with E-state index in [2.05, 4.69) is 20.0 Å². The topological polar surface area (TPSA) is 85.9 Å². The number of thiazole rings is 2. The number of hydrogen-bond donors (Lipinski definition) is 0. The van der Waals surface area contributed by atoms with Gasteiger partial charge in [0.05, 0.1) is 23.8 Å². The van der Waals surface area contributed by atoms with Gasteiger partial charge in [-0.1, -0.05) is 0 Å². The van der Waals surface area contributed by atoms with Crippen LogP contribution in [0.1, 0.15) is 34.4 Å². The van der Waals surface area contributed by atoms with Crippen LogP contribution in [-0.4, -0.2) is 42.3 Å². The number of aryl methyl sites for hydroxylation is 1. The maximum atomic E-state index is 12.7. The second-order valence-corrected chi connectivity index (χ2v) is 9.56. The van der Waals surface area contributed by atoms with Crippen LogP contribution in [0.2, 0.25) is 0 Å². The Bertz CT molecular complexity index is 1130. The van der Waals surface area contributed by atoms with Gasteiger partial charge in [-0.2, -0.15) is 5.10 Å². The minimum atomic E-state index is -0.566. The fraction of sp³-hybridized carbons (Fsp3) is 0.500. The lowest BCUT2D eigenvalue weighted by molar-refractivity contribution is 0.297. The summed E-state index contributed by atoms with van der Waals surface area (Å²) >= 11 is 3.19. The fourth-order valence-electron chi connectivity index (χ4n) is 4.32. The van der Waals surface area contributed by atoms with Gasteiger partial charge in [0.15, 0.2) is 0 Å². The van der Waals surface area contributed by atoms with Crippen LogP contribution in [0.15, 0.2) is 26.5 Å². The van der Waals surface area contributed by atoms with E-state index in [4.69, 9.17) is 0 Å². The molecule has 8 nitrogen and oxygen atoms in total. The quantitative estimate of drug-likeness (QED) is 0.595. The zero-order valence-corrected chi connectivity index (χ0v) is 17.1. The molecule has 3 aromatic rings. The molecule has 0 aliphatic carbocycles. The second-order valence-electron chi connectivity index (χ2n) is 7.52. The lowest BCUT2D eigenvalue weighted by Crippen LogP contribution is -2.45. The molecule has 0 aromatic carbocycles. The normalized spacial score (nSPS) is 21.6. The Hall–Kier alpha value is -2.17. The summed E-state index contributed by atoms with van der Waals surface area (Å²) in [7, 11) is 0. The highest BCUT2D eigenvalue weighted by Crippen LogP contribution is 2.40. The Kier molecular flexibility index (Phi) is 4.29. The highest BCUT2D eigenvalue weighted by atomic mass is 32.1. The van der Waals surface area contributed by atoms with Gasteiger partial charge in [-0.05, 0) is 26.3 Å². The molecule has 1 spiro atoms. The molecule has 1 fully saturated rings. The second kappa shape index (κ2) is 6.71. The molecule has 0 bridgehead atoms. The summed E-state index contributed by atoms with van der Waals surface area (Å²) < 4.78 is 2.90. The molecule has 0 N–H and O–H groups in total. The van der Waals surface area contributed by atoms with Crippen molar-refractivity contribution in [3.05, 3.63) is 59.2 Å². The molecule has 5 rings (SSSR count). The molecule has 0 unspecified atom stereocenters. The Labute approximate surface area is 169 Å². The first kappa shape index (κ1) is 17.9. The van der Waals surface area contributed by atoms with E-state index in [0.717, 1.165) is 54.0 Å². The zero-order chi connectivity index (χ0) is 19.3. The van der Waals surface area contributed by atoms with Crippen molar-refractivity contribution < 1.29 is 0 Å². The Morgan fingerprint density at radius 1 is 1.14 bits per heavy atom. The summed E-state index contributed by atoms with van der Waals surface area (Å²) in [5.74, 6) is 0.755. The van der Waals surface area contributed by atoms with Crippen LogP contribution < -0.4 is 11.1 Å². The zero-order valence-electron chi connectivity index (χ0n) is 15.5. The molecule has 0 saturated carbocycles. The van der Waals surface area contributed by atoms with Crippen LogP contribution in [0.25, 0.3) is 0 Å². The lowest BCUT2D eigenvalue weighted by atomic mass is 9.85. The summed E-state index contributed by atoms with van der Waals surface area (Å²) in [5.41, 5.74) is -0.425. The van der Waals surface area contributed by atoms with Gasteiger partial charge in [0.1, 0.15) is 10.8 Å². The molecule has 5 heterocycles. The number of nitrogens with zero attached hydrogens (tertiary/aromatic N) is 6. The molecule has 1 saturated heterocycles. The van der Waals surface area contributed by atoms with Crippen LogP contribution in [0.5, 0.6) is 0 Å². The van der Waals surface area contributed by atoms with Crippen molar-refractivity contribution in [3.63, 3.8) is 0 Å². The molecular weight excluding hydrogens is 396 g/mol. The largest absolute Gasteiger partial charge is 0.332 e. The molecule has 2 aliphatic rings. The highest BCUT2D eigenvalue weighted by Gasteiger charge is 2.47. The third kappa shape index (κ3) is 2.96. The van der Waals surface area contributed by atoms with Gasteiger partial charge in [-0.25, -0.2) is 14.6 Å². The average Bonchev–Trinajstić information content (AvgIpc) is 3.45. The molecule has 0 radical (unpaired) electrons. The van der Waals surface area contributed by atoms with E-state index in [1.165, 1.54) is 16.0 Å². The van der Waals surface area contributed by atoms with Crippen molar-refractivity contribution in [1.82, 2.24) is 29.2 Å². The minimum Gasteiger partial charge on any atom is -0.296 e. The predicted molar refractivity (Wildman–Crippen MR) is 107 cm³/mol. The van der Waals surface area contributed by atoms with Crippen molar-refractivity contribution in [2.24, 2.45) is 0 Å². The van der Waals surface area contributed by atoms with Gasteiger partial charge in [-0.3, -0.25) is 19.1 Å². The molecule has 3 aromatic heterocycles. The SMILES string of the molecule is Cc1nc(Cn2nc3n(c(=O)c2=O)CC[C@]32CCN(Cc3nccs3)C2)cs1. The summed E-state index contributed by atoms with van der Waals surface area (Å²) in [5, 5.41) is 10.6. The van der Waals surface area contributed by atoms with E-state index in [1.54, 1.807) is 15.9 Å². The van der Waals surface area contributed by atoms with Gasteiger partial charge < -0.3 is 0 Å². The standard InChI is InChI=1S/C18H20N6O2S2/c1-12-20-13(10-28-12)8-24-16(26)15(25)23-6-3-18(17(23)21-24)2-5-22(11-18)9-14-19-4-7-27-14/h4,7,10H,2-3,5-6,8-9,11H2,1H3/t18-/m0/s1. The van der Waals surface area contributed by atoms with E-state index in [-0.39, 0.29) is 12.0 Å². The van der Waals surface area contributed by atoms with Gasteiger partial charge >= 0.3 is 11.1 Å². The lowest BCUT2D eigenvalue weighted by Gasteiger charge is -2.23. The predicted octanol–water partition coefficient (Wildman–Crippen LogP) is 1.22. The first-order chi connectivity index (χ1) is 13.5. The van der Waals surface area contributed by atoms with Crippen molar-refractivity contribution in [2.45, 2.75) is 44.8 Å². The van der Waals surface area contributed by atoms with Crippen molar-refractivity contribution in [2.75, 3.05) is 13.1 Å². The van der Waals surface area contributed by atoms with E-state index < -0.39 is 11.1 Å². The number of fused-ring (bicyclic) bond motifs is 2. The molecule has 0 amide bonds. The van der Waals surface area contributed by atoms with E-state index >= 15 is 0 Å². The third-order valence-electron chi connectivity index (χ3n) is 5.68. The fourth-order valence-corrected chi connectivity index (χ4v) is 5.58. The third-order valence-corrected chi connectivity index (χ3v) is 7.26. The number of hydrogen-bond acceptors (Lipinski definition) is 8. The summed E-state index contributed by atoms with van der Waals surface area (Å²) in [6, 6.07) is 0. The molecular formula is C18H20N6O2S2. The van der Waals surface area contributed by atoms with Gasteiger partial charge in [0, 0.05) is 35.5 Å².